The van der Waals surface area contributed by atoms with Crippen LogP contribution in [0.3, 0.4) is 0 Å². The summed E-state index contributed by atoms with van der Waals surface area (Å²) in [5, 5.41) is 12.4. The molecule has 0 unspecified atom stereocenters. The number of benzene rings is 2. The molecular formula is C21H20N4O3. The molecule has 0 aliphatic heterocycles. The second kappa shape index (κ2) is 7.96. The second-order valence-electron chi connectivity index (χ2n) is 6.65. The van der Waals surface area contributed by atoms with Gasteiger partial charge in [-0.25, -0.2) is 0 Å². The third-order valence-corrected chi connectivity index (χ3v) is 4.67. The van der Waals surface area contributed by atoms with Gasteiger partial charge in [-0.05, 0) is 42.7 Å². The van der Waals surface area contributed by atoms with Crippen molar-refractivity contribution in [1.29, 1.82) is 0 Å². The van der Waals surface area contributed by atoms with Gasteiger partial charge in [0.2, 0.25) is 0 Å². The van der Waals surface area contributed by atoms with Crippen LogP contribution < -0.4 is 15.4 Å². The number of H-pyrrole nitrogens is 1. The van der Waals surface area contributed by atoms with Crippen LogP contribution in [0.2, 0.25) is 0 Å². The predicted octanol–water partition coefficient (Wildman–Crippen LogP) is 2.81. The van der Waals surface area contributed by atoms with E-state index in [2.05, 4.69) is 20.8 Å². The standard InChI is InChI=1S/C21H20N4O3/c26-20(23-15-11-10-14-13-22-25-18(14)12-15)21(27)24-17-8-4-5-9-19(17)28-16-6-2-1-3-7-16/h1-9,13,15H,10-12H2,(H,22,25)(H,23,26)(H,24,27)/t15-/m0/s1. The van der Waals surface area contributed by atoms with Crippen molar-refractivity contribution in [2.75, 3.05) is 5.32 Å². The first-order valence-corrected chi connectivity index (χ1v) is 9.14. The van der Waals surface area contributed by atoms with Gasteiger partial charge in [0, 0.05) is 18.2 Å². The molecule has 3 aromatic rings. The van der Waals surface area contributed by atoms with Crippen LogP contribution in [0.4, 0.5) is 5.69 Å². The highest BCUT2D eigenvalue weighted by atomic mass is 16.5. The Morgan fingerprint density at radius 2 is 1.82 bits per heavy atom. The maximum Gasteiger partial charge on any atom is 0.313 e. The number of anilines is 1. The molecule has 1 atom stereocenters. The molecule has 3 N–H and O–H groups in total. The van der Waals surface area contributed by atoms with Crippen LogP contribution >= 0.6 is 0 Å². The number of aromatic nitrogens is 2. The van der Waals surface area contributed by atoms with E-state index in [-0.39, 0.29) is 6.04 Å². The summed E-state index contributed by atoms with van der Waals surface area (Å²) in [6, 6.07) is 16.2. The fourth-order valence-electron chi connectivity index (χ4n) is 3.24. The SMILES string of the molecule is O=C(Nc1ccccc1Oc1ccccc1)C(=O)N[C@H]1CCc2cn[nH]c2C1. The molecule has 0 bridgehead atoms. The van der Waals surface area contributed by atoms with Crippen molar-refractivity contribution in [2.24, 2.45) is 0 Å². The van der Waals surface area contributed by atoms with Crippen molar-refractivity contribution < 1.29 is 14.3 Å². The van der Waals surface area contributed by atoms with Gasteiger partial charge in [0.15, 0.2) is 5.75 Å². The van der Waals surface area contributed by atoms with E-state index in [1.165, 1.54) is 5.56 Å². The molecule has 0 spiro atoms. The summed E-state index contributed by atoms with van der Waals surface area (Å²) >= 11 is 0. The lowest BCUT2D eigenvalue weighted by Gasteiger charge is -2.22. The first kappa shape index (κ1) is 17.8. The normalized spacial score (nSPS) is 15.4. The van der Waals surface area contributed by atoms with E-state index in [0.717, 1.165) is 18.5 Å². The molecule has 0 fully saturated rings. The number of hydrogen-bond acceptors (Lipinski definition) is 4. The Kier molecular flexibility index (Phi) is 5.05. The number of hydrogen-bond donors (Lipinski definition) is 3. The van der Waals surface area contributed by atoms with E-state index in [1.54, 1.807) is 24.3 Å². The van der Waals surface area contributed by atoms with E-state index < -0.39 is 11.8 Å². The fraction of sp³-hybridized carbons (Fsp3) is 0.190. The summed E-state index contributed by atoms with van der Waals surface area (Å²) < 4.78 is 5.81. The molecule has 1 aliphatic carbocycles. The van der Waals surface area contributed by atoms with Gasteiger partial charge < -0.3 is 15.4 Å². The van der Waals surface area contributed by atoms with E-state index in [1.807, 2.05) is 36.5 Å². The van der Waals surface area contributed by atoms with Crippen LogP contribution in [0, 0.1) is 0 Å². The molecular weight excluding hydrogens is 356 g/mol. The first-order chi connectivity index (χ1) is 13.7. The number of carbonyl (C=O) groups is 2. The highest BCUT2D eigenvalue weighted by Gasteiger charge is 2.24. The molecule has 2 amide bonds. The fourth-order valence-corrected chi connectivity index (χ4v) is 3.24. The highest BCUT2D eigenvalue weighted by molar-refractivity contribution is 6.39. The number of aryl methyl sites for hydroxylation is 1. The number of para-hydroxylation sites is 3. The van der Waals surface area contributed by atoms with Gasteiger partial charge in [0.25, 0.3) is 0 Å². The Labute approximate surface area is 162 Å². The van der Waals surface area contributed by atoms with E-state index in [9.17, 15) is 9.59 Å². The number of nitrogens with zero attached hydrogens (tertiary/aromatic N) is 1. The van der Waals surface area contributed by atoms with Crippen LogP contribution in [0.5, 0.6) is 11.5 Å². The molecule has 0 saturated heterocycles. The minimum atomic E-state index is -0.723. The van der Waals surface area contributed by atoms with Gasteiger partial charge in [0.05, 0.1) is 11.9 Å². The molecule has 1 heterocycles. The quantitative estimate of drug-likeness (QED) is 0.610. The number of nitrogens with one attached hydrogen (secondary N) is 3. The van der Waals surface area contributed by atoms with Crippen LogP contribution in [0.15, 0.2) is 60.8 Å². The van der Waals surface area contributed by atoms with Gasteiger partial charge >= 0.3 is 11.8 Å². The van der Waals surface area contributed by atoms with Crippen LogP contribution in [0.1, 0.15) is 17.7 Å². The van der Waals surface area contributed by atoms with Gasteiger partial charge in [0.1, 0.15) is 5.75 Å². The molecule has 0 saturated carbocycles. The maximum atomic E-state index is 12.4. The Morgan fingerprint density at radius 1 is 1.04 bits per heavy atom. The summed E-state index contributed by atoms with van der Waals surface area (Å²) in [7, 11) is 0. The summed E-state index contributed by atoms with van der Waals surface area (Å²) in [5.41, 5.74) is 2.62. The third-order valence-electron chi connectivity index (χ3n) is 4.67. The summed E-state index contributed by atoms with van der Waals surface area (Å²) in [6.07, 6.45) is 4.05. The first-order valence-electron chi connectivity index (χ1n) is 9.14. The minimum absolute atomic E-state index is 0.0954. The van der Waals surface area contributed by atoms with Crippen LogP contribution in [0.25, 0.3) is 0 Å². The zero-order chi connectivity index (χ0) is 19.3. The predicted molar refractivity (Wildman–Crippen MR) is 104 cm³/mol. The van der Waals surface area contributed by atoms with E-state index in [0.29, 0.717) is 23.6 Å². The van der Waals surface area contributed by atoms with Gasteiger partial charge in [-0.15, -0.1) is 0 Å². The third kappa shape index (κ3) is 4.03. The van der Waals surface area contributed by atoms with Crippen molar-refractivity contribution in [1.82, 2.24) is 15.5 Å². The van der Waals surface area contributed by atoms with Crippen molar-refractivity contribution in [3.63, 3.8) is 0 Å². The summed E-state index contributed by atoms with van der Waals surface area (Å²) in [5.74, 6) is -0.275. The monoisotopic (exact) mass is 376 g/mol. The average Bonchev–Trinajstić information content (AvgIpc) is 3.18. The number of fused-ring (bicyclic) bond motifs is 1. The molecule has 4 rings (SSSR count). The number of rotatable bonds is 4. The molecule has 1 aliphatic rings. The highest BCUT2D eigenvalue weighted by Crippen LogP contribution is 2.29. The van der Waals surface area contributed by atoms with E-state index >= 15 is 0 Å². The van der Waals surface area contributed by atoms with Crippen molar-refractivity contribution in [3.05, 3.63) is 72.1 Å². The lowest BCUT2D eigenvalue weighted by molar-refractivity contribution is -0.136. The van der Waals surface area contributed by atoms with Crippen molar-refractivity contribution >= 4 is 17.5 Å². The molecule has 1 aromatic heterocycles. The Hall–Kier alpha value is -3.61. The molecule has 28 heavy (non-hydrogen) atoms. The topological polar surface area (TPSA) is 96.1 Å². The lowest BCUT2D eigenvalue weighted by Crippen LogP contribution is -2.44. The lowest BCUT2D eigenvalue weighted by atomic mass is 9.94. The molecule has 2 aromatic carbocycles. The summed E-state index contributed by atoms with van der Waals surface area (Å²) in [4.78, 5) is 24.7. The summed E-state index contributed by atoms with van der Waals surface area (Å²) in [6.45, 7) is 0. The smallest absolute Gasteiger partial charge is 0.313 e. The van der Waals surface area contributed by atoms with Crippen molar-refractivity contribution in [3.8, 4) is 11.5 Å². The maximum absolute atomic E-state index is 12.4. The number of carbonyl (C=O) groups excluding carboxylic acids is 2. The number of ether oxygens (including phenoxy) is 1. The zero-order valence-corrected chi connectivity index (χ0v) is 15.1. The van der Waals surface area contributed by atoms with Gasteiger partial charge in [-0.3, -0.25) is 14.7 Å². The zero-order valence-electron chi connectivity index (χ0n) is 15.1. The average molecular weight is 376 g/mol. The molecule has 0 radical (unpaired) electrons. The Morgan fingerprint density at radius 3 is 2.68 bits per heavy atom. The van der Waals surface area contributed by atoms with Crippen LogP contribution in [-0.2, 0) is 22.4 Å². The molecule has 7 nitrogen and oxygen atoms in total. The largest absolute Gasteiger partial charge is 0.455 e. The van der Waals surface area contributed by atoms with E-state index in [4.69, 9.17) is 4.74 Å². The number of amides is 2. The Bertz CT molecular complexity index is 984. The molecule has 142 valence electrons. The second-order valence-corrected chi connectivity index (χ2v) is 6.65. The van der Waals surface area contributed by atoms with Crippen LogP contribution in [-0.4, -0.2) is 28.1 Å². The Balaban J connectivity index is 1.39. The van der Waals surface area contributed by atoms with Gasteiger partial charge in [-0.2, -0.15) is 5.10 Å². The van der Waals surface area contributed by atoms with Crippen molar-refractivity contribution in [2.45, 2.75) is 25.3 Å². The minimum Gasteiger partial charge on any atom is -0.455 e. The van der Waals surface area contributed by atoms with Gasteiger partial charge in [-0.1, -0.05) is 30.3 Å². The number of aromatic amines is 1. The molecule has 7 heteroatoms.